The summed E-state index contributed by atoms with van der Waals surface area (Å²) in [5.41, 5.74) is 0.549. The van der Waals surface area contributed by atoms with Gasteiger partial charge in [0.1, 0.15) is 0 Å². The van der Waals surface area contributed by atoms with E-state index in [1.165, 1.54) is 12.3 Å². The lowest BCUT2D eigenvalue weighted by Crippen LogP contribution is -2.34. The summed E-state index contributed by atoms with van der Waals surface area (Å²) >= 11 is 0. The van der Waals surface area contributed by atoms with E-state index in [9.17, 15) is 14.4 Å². The summed E-state index contributed by atoms with van der Waals surface area (Å²) in [7, 11) is 1.75. The highest BCUT2D eigenvalue weighted by atomic mass is 16.2. The topological polar surface area (TPSA) is 75.2 Å². The Bertz CT molecular complexity index is 744. The van der Waals surface area contributed by atoms with Gasteiger partial charge in [-0.25, -0.2) is 4.79 Å². The van der Waals surface area contributed by atoms with Crippen molar-refractivity contribution < 1.29 is 4.79 Å². The molecule has 6 heteroatoms. The molecule has 0 aliphatic rings. The van der Waals surface area contributed by atoms with Crippen LogP contribution in [0.4, 0.5) is 0 Å². The van der Waals surface area contributed by atoms with Gasteiger partial charge in [-0.1, -0.05) is 12.1 Å². The first-order chi connectivity index (χ1) is 10.4. The molecular formula is C16H19N3O3. The summed E-state index contributed by atoms with van der Waals surface area (Å²) in [6.45, 7) is 4.06. The highest BCUT2D eigenvalue weighted by molar-refractivity contribution is 5.94. The summed E-state index contributed by atoms with van der Waals surface area (Å²) in [6.07, 6.45) is 1.32. The van der Waals surface area contributed by atoms with Gasteiger partial charge in [-0.05, 0) is 31.5 Å². The third-order valence-corrected chi connectivity index (χ3v) is 3.58. The van der Waals surface area contributed by atoms with Crippen LogP contribution in [0, 0.1) is 0 Å². The first-order valence-electron chi connectivity index (χ1n) is 7.05. The molecule has 0 saturated carbocycles. The molecule has 0 radical (unpaired) electrons. The van der Waals surface area contributed by atoms with E-state index in [0.29, 0.717) is 5.56 Å². The molecule has 6 nitrogen and oxygen atoms in total. The Morgan fingerprint density at radius 2 is 1.82 bits per heavy atom. The van der Waals surface area contributed by atoms with Crippen molar-refractivity contribution in [2.45, 2.75) is 26.4 Å². The molecule has 1 aromatic carbocycles. The van der Waals surface area contributed by atoms with Crippen LogP contribution in [-0.4, -0.2) is 33.4 Å². The van der Waals surface area contributed by atoms with Gasteiger partial charge in [-0.3, -0.25) is 14.2 Å². The van der Waals surface area contributed by atoms with E-state index in [-0.39, 0.29) is 24.1 Å². The molecule has 1 amide bonds. The van der Waals surface area contributed by atoms with Gasteiger partial charge < -0.3 is 9.88 Å². The Kier molecular flexibility index (Phi) is 4.60. The maximum absolute atomic E-state index is 12.2. The van der Waals surface area contributed by atoms with Crippen LogP contribution < -0.4 is 11.2 Å². The van der Waals surface area contributed by atoms with Gasteiger partial charge in [0.15, 0.2) is 0 Å². The first-order valence-corrected chi connectivity index (χ1v) is 7.05. The van der Waals surface area contributed by atoms with E-state index in [1.807, 2.05) is 13.8 Å². The lowest BCUT2D eigenvalue weighted by Gasteiger charge is -2.21. The zero-order chi connectivity index (χ0) is 16.3. The second kappa shape index (κ2) is 6.43. The lowest BCUT2D eigenvalue weighted by atomic mass is 10.1. The molecule has 22 heavy (non-hydrogen) atoms. The van der Waals surface area contributed by atoms with Gasteiger partial charge in [-0.2, -0.15) is 0 Å². The summed E-state index contributed by atoms with van der Waals surface area (Å²) in [5.74, 6) is -0.0590. The predicted molar refractivity (Wildman–Crippen MR) is 84.1 cm³/mol. The zero-order valence-electron chi connectivity index (χ0n) is 12.9. The average molecular weight is 301 g/mol. The molecule has 1 aromatic heterocycles. The van der Waals surface area contributed by atoms with Crippen LogP contribution in [0.5, 0.6) is 0 Å². The fourth-order valence-electron chi connectivity index (χ4n) is 1.98. The largest absolute Gasteiger partial charge is 0.339 e. The predicted octanol–water partition coefficient (Wildman–Crippen LogP) is 1.07. The summed E-state index contributed by atoms with van der Waals surface area (Å²) in [4.78, 5) is 39.6. The van der Waals surface area contributed by atoms with Gasteiger partial charge in [0.2, 0.25) is 0 Å². The van der Waals surface area contributed by atoms with Crippen LogP contribution in [0.15, 0.2) is 46.1 Å². The monoisotopic (exact) mass is 301 g/mol. The Morgan fingerprint density at radius 1 is 1.18 bits per heavy atom. The van der Waals surface area contributed by atoms with E-state index in [0.717, 1.165) is 10.1 Å². The van der Waals surface area contributed by atoms with Crippen molar-refractivity contribution in [3.05, 3.63) is 68.5 Å². The van der Waals surface area contributed by atoms with Crippen molar-refractivity contribution in [1.29, 1.82) is 0 Å². The minimum Gasteiger partial charge on any atom is -0.339 e. The van der Waals surface area contributed by atoms with E-state index in [4.69, 9.17) is 0 Å². The van der Waals surface area contributed by atoms with Crippen LogP contribution in [0.2, 0.25) is 0 Å². The van der Waals surface area contributed by atoms with E-state index < -0.39 is 5.69 Å². The van der Waals surface area contributed by atoms with Crippen molar-refractivity contribution in [3.8, 4) is 0 Å². The molecule has 0 saturated heterocycles. The van der Waals surface area contributed by atoms with Crippen LogP contribution >= 0.6 is 0 Å². The standard InChI is InChI=1S/C16H19N3O3/c1-11(2)18(3)15(21)13-6-4-12(5-7-13)10-19-14(20)8-9-17-16(19)22/h4-9,11H,10H2,1-3H3,(H,17,22). The van der Waals surface area contributed by atoms with Gasteiger partial charge in [-0.15, -0.1) is 0 Å². The van der Waals surface area contributed by atoms with Crippen molar-refractivity contribution in [2.75, 3.05) is 7.05 Å². The van der Waals surface area contributed by atoms with E-state index >= 15 is 0 Å². The van der Waals surface area contributed by atoms with Gasteiger partial charge >= 0.3 is 5.69 Å². The number of amides is 1. The SMILES string of the molecule is CC(C)N(C)C(=O)c1ccc(Cn2c(=O)cc[nH]c2=O)cc1. The Labute approximate surface area is 128 Å². The molecule has 0 bridgehead atoms. The molecule has 2 rings (SSSR count). The van der Waals surface area contributed by atoms with Crippen molar-refractivity contribution >= 4 is 5.91 Å². The molecule has 0 atom stereocenters. The summed E-state index contributed by atoms with van der Waals surface area (Å²) in [6, 6.07) is 8.34. The molecule has 2 aromatic rings. The number of aromatic nitrogens is 2. The number of nitrogens with one attached hydrogen (secondary N) is 1. The number of hydrogen-bond acceptors (Lipinski definition) is 3. The Hall–Kier alpha value is -2.63. The number of carbonyl (C=O) groups is 1. The Balaban J connectivity index is 2.21. The molecule has 0 unspecified atom stereocenters. The fraction of sp³-hybridized carbons (Fsp3) is 0.312. The minimum absolute atomic E-state index is 0.0590. The number of rotatable bonds is 4. The second-order valence-electron chi connectivity index (χ2n) is 5.41. The third-order valence-electron chi connectivity index (χ3n) is 3.58. The lowest BCUT2D eigenvalue weighted by molar-refractivity contribution is 0.0755. The van der Waals surface area contributed by atoms with Gasteiger partial charge in [0.05, 0.1) is 6.54 Å². The highest BCUT2D eigenvalue weighted by Crippen LogP contribution is 2.09. The molecule has 116 valence electrons. The summed E-state index contributed by atoms with van der Waals surface area (Å²) < 4.78 is 1.11. The molecule has 1 heterocycles. The number of benzene rings is 1. The van der Waals surface area contributed by atoms with Crippen LogP contribution in [0.25, 0.3) is 0 Å². The summed E-state index contributed by atoms with van der Waals surface area (Å²) in [5, 5.41) is 0. The molecule has 0 aliphatic heterocycles. The van der Waals surface area contributed by atoms with E-state index in [1.54, 1.807) is 36.2 Å². The van der Waals surface area contributed by atoms with Crippen molar-refractivity contribution in [2.24, 2.45) is 0 Å². The molecule has 0 fully saturated rings. The molecule has 1 N–H and O–H groups in total. The highest BCUT2D eigenvalue weighted by Gasteiger charge is 2.14. The molecule has 0 aliphatic carbocycles. The average Bonchev–Trinajstić information content (AvgIpc) is 2.50. The number of hydrogen-bond donors (Lipinski definition) is 1. The number of carbonyl (C=O) groups excluding carboxylic acids is 1. The molecule has 0 spiro atoms. The minimum atomic E-state index is -0.452. The smallest absolute Gasteiger partial charge is 0.328 e. The Morgan fingerprint density at radius 3 is 2.36 bits per heavy atom. The van der Waals surface area contributed by atoms with Crippen molar-refractivity contribution in [1.82, 2.24) is 14.5 Å². The van der Waals surface area contributed by atoms with Crippen LogP contribution in [-0.2, 0) is 6.54 Å². The normalized spacial score (nSPS) is 10.7. The maximum atomic E-state index is 12.2. The maximum Gasteiger partial charge on any atom is 0.328 e. The second-order valence-corrected chi connectivity index (χ2v) is 5.41. The number of H-pyrrole nitrogens is 1. The van der Waals surface area contributed by atoms with Crippen molar-refractivity contribution in [3.63, 3.8) is 0 Å². The number of nitrogens with zero attached hydrogens (tertiary/aromatic N) is 2. The first kappa shape index (κ1) is 15.8. The van der Waals surface area contributed by atoms with Crippen LogP contribution in [0.3, 0.4) is 0 Å². The fourth-order valence-corrected chi connectivity index (χ4v) is 1.98. The molecular weight excluding hydrogens is 282 g/mol. The third kappa shape index (κ3) is 3.33. The van der Waals surface area contributed by atoms with E-state index in [2.05, 4.69) is 4.98 Å². The quantitative estimate of drug-likeness (QED) is 0.917. The van der Waals surface area contributed by atoms with Gasteiger partial charge in [0.25, 0.3) is 11.5 Å². The van der Waals surface area contributed by atoms with Gasteiger partial charge in [0, 0.05) is 30.9 Å². The zero-order valence-corrected chi connectivity index (χ0v) is 12.9. The van der Waals surface area contributed by atoms with Crippen LogP contribution in [0.1, 0.15) is 29.8 Å². The number of aromatic amines is 1.